The van der Waals surface area contributed by atoms with Crippen molar-refractivity contribution in [2.24, 2.45) is 0 Å². The van der Waals surface area contributed by atoms with Gasteiger partial charge in [0.2, 0.25) is 0 Å². The van der Waals surface area contributed by atoms with Crippen molar-refractivity contribution in [3.8, 4) is 0 Å². The Morgan fingerprint density at radius 3 is 2.57 bits per heavy atom. The van der Waals surface area contributed by atoms with Gasteiger partial charge in [-0.15, -0.1) is 0 Å². The summed E-state index contributed by atoms with van der Waals surface area (Å²) < 4.78 is 9.63. The number of hydrogen-bond donors (Lipinski definition) is 2. The molecule has 0 saturated carbocycles. The molecule has 2 rings (SSSR count). The third kappa shape index (κ3) is 4.52. The topological polar surface area (TPSA) is 84.3 Å². The molecule has 0 aliphatic rings. The van der Waals surface area contributed by atoms with Crippen LogP contribution >= 0.6 is 0 Å². The average molecular weight is 292 g/mol. The third-order valence-corrected chi connectivity index (χ3v) is 2.47. The number of carbonyl (C=O) groups excluding carboxylic acids is 1. The van der Waals surface area contributed by atoms with Gasteiger partial charge in [-0.2, -0.15) is 5.16 Å². The fourth-order valence-electron chi connectivity index (χ4n) is 1.59. The lowest BCUT2D eigenvalue weighted by Crippen LogP contribution is -2.13. The Bertz CT molecular complexity index is 602. The van der Waals surface area contributed by atoms with Crippen LogP contribution in [0.1, 0.15) is 36.9 Å². The fraction of sp³-hybridized carbons (Fsp3) is 0.333. The first-order valence-electron chi connectivity index (χ1n) is 6.88. The van der Waals surface area contributed by atoms with Crippen LogP contribution in [0.2, 0.25) is 0 Å². The Labute approximate surface area is 123 Å². The number of carbonyl (C=O) groups is 1. The number of aromatic nitrogens is 1. The maximum atomic E-state index is 11.6. The van der Waals surface area contributed by atoms with Gasteiger partial charge in [-0.25, -0.2) is 4.79 Å². The predicted octanol–water partition coefficient (Wildman–Crippen LogP) is 2.78. The van der Waals surface area contributed by atoms with E-state index in [0.29, 0.717) is 6.54 Å². The molecule has 0 fully saturated rings. The molecule has 0 unspecified atom stereocenters. The van der Waals surface area contributed by atoms with Crippen molar-refractivity contribution in [1.29, 1.82) is 0 Å². The largest absolute Gasteiger partial charge is 0.460 e. The summed E-state index contributed by atoms with van der Waals surface area (Å²) in [5, 5.41) is 5.00. The van der Waals surface area contributed by atoms with Gasteiger partial charge in [0.25, 0.3) is 5.76 Å². The van der Waals surface area contributed by atoms with Crippen LogP contribution < -0.4 is 10.9 Å². The highest BCUT2D eigenvalue weighted by Gasteiger charge is 2.21. The maximum absolute atomic E-state index is 11.6. The first-order chi connectivity index (χ1) is 10.2. The van der Waals surface area contributed by atoms with Gasteiger partial charge in [0.1, 0.15) is 0 Å². The van der Waals surface area contributed by atoms with E-state index in [0.717, 1.165) is 5.56 Å². The second kappa shape index (κ2) is 8.63. The zero-order valence-corrected chi connectivity index (χ0v) is 12.4. The molecule has 0 aliphatic heterocycles. The van der Waals surface area contributed by atoms with Crippen LogP contribution in [-0.4, -0.2) is 17.7 Å². The summed E-state index contributed by atoms with van der Waals surface area (Å²) in [6.07, 6.45) is 0. The van der Waals surface area contributed by atoms with E-state index >= 15 is 0 Å². The van der Waals surface area contributed by atoms with E-state index < -0.39 is 11.5 Å². The van der Waals surface area contributed by atoms with E-state index in [-0.39, 0.29) is 18.1 Å². The zero-order chi connectivity index (χ0) is 15.7. The van der Waals surface area contributed by atoms with Gasteiger partial charge in [-0.3, -0.25) is 4.79 Å². The molecular weight excluding hydrogens is 272 g/mol. The van der Waals surface area contributed by atoms with E-state index in [9.17, 15) is 9.59 Å². The Morgan fingerprint density at radius 2 is 1.95 bits per heavy atom. The summed E-state index contributed by atoms with van der Waals surface area (Å²) in [5.41, 5.74) is 0.583. The van der Waals surface area contributed by atoms with Crippen LogP contribution in [0.15, 0.2) is 39.6 Å². The molecule has 1 aromatic carbocycles. The van der Waals surface area contributed by atoms with E-state index in [1.165, 1.54) is 0 Å². The molecule has 2 N–H and O–H groups in total. The SMILES string of the molecule is CC.CCOC(=O)c1o[nH]c(=O)c1NCc1ccccc1. The summed E-state index contributed by atoms with van der Waals surface area (Å²) in [5.74, 6) is -0.806. The number of esters is 1. The van der Waals surface area contributed by atoms with E-state index in [1.807, 2.05) is 44.2 Å². The molecule has 21 heavy (non-hydrogen) atoms. The second-order valence-corrected chi connectivity index (χ2v) is 3.80. The first kappa shape index (κ1) is 16.6. The average Bonchev–Trinajstić information content (AvgIpc) is 2.89. The van der Waals surface area contributed by atoms with Crippen molar-refractivity contribution in [1.82, 2.24) is 5.16 Å². The highest BCUT2D eigenvalue weighted by molar-refractivity contribution is 5.92. The highest BCUT2D eigenvalue weighted by Crippen LogP contribution is 2.12. The lowest BCUT2D eigenvalue weighted by molar-refractivity contribution is 0.0481. The number of H-pyrrole nitrogens is 1. The molecule has 0 bridgehead atoms. The molecule has 0 atom stereocenters. The van der Waals surface area contributed by atoms with Gasteiger partial charge in [-0.05, 0) is 12.5 Å². The van der Waals surface area contributed by atoms with Crippen LogP contribution in [-0.2, 0) is 11.3 Å². The molecule has 1 heterocycles. The normalized spacial score (nSPS) is 9.48. The number of ether oxygens (including phenoxy) is 1. The lowest BCUT2D eigenvalue weighted by atomic mass is 10.2. The molecule has 0 saturated heterocycles. The van der Waals surface area contributed by atoms with Crippen molar-refractivity contribution in [3.63, 3.8) is 0 Å². The third-order valence-electron chi connectivity index (χ3n) is 2.47. The number of aromatic amines is 1. The van der Waals surface area contributed by atoms with Crippen LogP contribution in [0.25, 0.3) is 0 Å². The summed E-state index contributed by atoms with van der Waals surface area (Å²) in [4.78, 5) is 23.1. The van der Waals surface area contributed by atoms with Crippen molar-refractivity contribution >= 4 is 11.7 Å². The minimum Gasteiger partial charge on any atom is -0.460 e. The van der Waals surface area contributed by atoms with E-state index in [4.69, 9.17) is 9.26 Å². The molecule has 0 amide bonds. The monoisotopic (exact) mass is 292 g/mol. The molecule has 0 spiro atoms. The van der Waals surface area contributed by atoms with Gasteiger partial charge in [0, 0.05) is 6.54 Å². The molecule has 1 aromatic heterocycles. The van der Waals surface area contributed by atoms with E-state index in [2.05, 4.69) is 10.5 Å². The van der Waals surface area contributed by atoms with Gasteiger partial charge >= 0.3 is 11.5 Å². The fourth-order valence-corrected chi connectivity index (χ4v) is 1.59. The van der Waals surface area contributed by atoms with Gasteiger partial charge < -0.3 is 14.6 Å². The maximum Gasteiger partial charge on any atom is 0.379 e. The Hall–Kier alpha value is -2.50. The van der Waals surface area contributed by atoms with Gasteiger partial charge in [-0.1, -0.05) is 44.2 Å². The van der Waals surface area contributed by atoms with Crippen LogP contribution in [0.5, 0.6) is 0 Å². The summed E-state index contributed by atoms with van der Waals surface area (Å²) in [7, 11) is 0. The van der Waals surface area contributed by atoms with Crippen molar-refractivity contribution in [2.75, 3.05) is 11.9 Å². The second-order valence-electron chi connectivity index (χ2n) is 3.80. The molecule has 0 aliphatic carbocycles. The molecule has 6 nitrogen and oxygen atoms in total. The molecule has 114 valence electrons. The van der Waals surface area contributed by atoms with Gasteiger partial charge in [0.05, 0.1) is 6.61 Å². The minimum atomic E-state index is -0.670. The molecule has 0 radical (unpaired) electrons. The van der Waals surface area contributed by atoms with Crippen LogP contribution in [0.3, 0.4) is 0 Å². The van der Waals surface area contributed by atoms with Crippen LogP contribution in [0.4, 0.5) is 5.69 Å². The standard InChI is InChI=1S/C13H14N2O4.C2H6/c1-2-18-13(17)11-10(12(16)15-19-11)14-8-9-6-4-3-5-7-9;1-2/h3-7,14H,2,8H2,1H3,(H,15,16);1-2H3. The minimum absolute atomic E-state index is 0.0855. The number of rotatable bonds is 5. The Morgan fingerprint density at radius 1 is 1.29 bits per heavy atom. The predicted molar refractivity (Wildman–Crippen MR) is 80.4 cm³/mol. The van der Waals surface area contributed by atoms with Gasteiger partial charge in [0.15, 0.2) is 5.69 Å². The smallest absolute Gasteiger partial charge is 0.379 e. The molecule has 2 aromatic rings. The number of benzene rings is 1. The first-order valence-corrected chi connectivity index (χ1v) is 6.88. The molecule has 6 heteroatoms. The van der Waals surface area contributed by atoms with Crippen molar-refractivity contribution < 1.29 is 14.1 Å². The number of hydrogen-bond acceptors (Lipinski definition) is 5. The summed E-state index contributed by atoms with van der Waals surface area (Å²) >= 11 is 0. The summed E-state index contributed by atoms with van der Waals surface area (Å²) in [6.45, 7) is 6.31. The van der Waals surface area contributed by atoms with Crippen LogP contribution in [0, 0.1) is 0 Å². The zero-order valence-electron chi connectivity index (χ0n) is 12.4. The number of anilines is 1. The lowest BCUT2D eigenvalue weighted by Gasteiger charge is -2.04. The van der Waals surface area contributed by atoms with Crippen molar-refractivity contribution in [3.05, 3.63) is 52.0 Å². The van der Waals surface area contributed by atoms with E-state index in [1.54, 1.807) is 6.92 Å². The van der Waals surface area contributed by atoms with Crippen molar-refractivity contribution in [2.45, 2.75) is 27.3 Å². The number of nitrogens with one attached hydrogen (secondary N) is 2. The Balaban J connectivity index is 0.00000106. The Kier molecular flexibility index (Phi) is 6.80. The highest BCUT2D eigenvalue weighted by atomic mass is 16.6. The quantitative estimate of drug-likeness (QED) is 0.828. The summed E-state index contributed by atoms with van der Waals surface area (Å²) in [6, 6.07) is 9.50. The molecular formula is C15H20N2O4.